The smallest absolute Gasteiger partial charge is 0.0316 e. The van der Waals surface area contributed by atoms with Crippen molar-refractivity contribution in [3.8, 4) is 0 Å². The van der Waals surface area contributed by atoms with Gasteiger partial charge in [0, 0.05) is 17.3 Å². The third-order valence-electron chi connectivity index (χ3n) is 8.13. The average Bonchev–Trinajstić information content (AvgIpc) is 2.93. The minimum absolute atomic E-state index is 0.427. The summed E-state index contributed by atoms with van der Waals surface area (Å²) in [5, 5.41) is 0. The van der Waals surface area contributed by atoms with Crippen LogP contribution >= 0.6 is 0 Å². The monoisotopic (exact) mass is 518 g/mol. The molecule has 0 saturated heterocycles. The Morgan fingerprint density at radius 1 is 0.538 bits per heavy atom. The van der Waals surface area contributed by atoms with Gasteiger partial charge in [0.1, 0.15) is 0 Å². The first kappa shape index (κ1) is 28.5. The Kier molecular flexibility index (Phi) is 10.3. The molecule has 0 atom stereocenters. The molecule has 0 aliphatic rings. The third kappa shape index (κ3) is 8.23. The van der Waals surface area contributed by atoms with Crippen LogP contribution in [0.4, 0.5) is 11.4 Å². The van der Waals surface area contributed by atoms with E-state index in [9.17, 15) is 0 Å². The topological polar surface area (TPSA) is 52.0 Å². The molecule has 0 amide bonds. The Labute approximate surface area is 236 Å². The fourth-order valence-electron chi connectivity index (χ4n) is 5.66. The Hall–Kier alpha value is -3.52. The Morgan fingerprint density at radius 3 is 1.41 bits per heavy atom. The average molecular weight is 519 g/mol. The van der Waals surface area contributed by atoms with Gasteiger partial charge < -0.3 is 11.5 Å². The molecular formula is C37H46N2. The number of hydrogen-bond donors (Lipinski definition) is 2. The second-order valence-electron chi connectivity index (χ2n) is 11.3. The van der Waals surface area contributed by atoms with Gasteiger partial charge >= 0.3 is 0 Å². The molecule has 0 aliphatic carbocycles. The lowest BCUT2D eigenvalue weighted by Crippen LogP contribution is -2.03. The van der Waals surface area contributed by atoms with Crippen LogP contribution < -0.4 is 11.5 Å². The van der Waals surface area contributed by atoms with Crippen LogP contribution in [-0.2, 0) is 12.8 Å². The summed E-state index contributed by atoms with van der Waals surface area (Å²) in [5.41, 5.74) is 24.3. The molecule has 2 nitrogen and oxygen atoms in total. The highest BCUT2D eigenvalue weighted by atomic mass is 14.5. The molecule has 0 unspecified atom stereocenters. The van der Waals surface area contributed by atoms with Gasteiger partial charge in [-0.3, -0.25) is 0 Å². The van der Waals surface area contributed by atoms with Crippen molar-refractivity contribution in [1.29, 1.82) is 0 Å². The van der Waals surface area contributed by atoms with Gasteiger partial charge in [-0.1, -0.05) is 106 Å². The van der Waals surface area contributed by atoms with E-state index in [1.807, 2.05) is 12.1 Å². The summed E-state index contributed by atoms with van der Waals surface area (Å²) in [7, 11) is 0. The Morgan fingerprint density at radius 2 is 0.974 bits per heavy atom. The molecular weight excluding hydrogens is 472 g/mol. The minimum Gasteiger partial charge on any atom is -0.399 e. The van der Waals surface area contributed by atoms with Crippen LogP contribution in [0.25, 0.3) is 0 Å². The van der Waals surface area contributed by atoms with E-state index in [2.05, 4.69) is 93.6 Å². The molecule has 4 rings (SSSR count). The lowest BCUT2D eigenvalue weighted by molar-refractivity contribution is 0.568. The first-order chi connectivity index (χ1) is 18.9. The summed E-state index contributed by atoms with van der Waals surface area (Å²) < 4.78 is 0. The summed E-state index contributed by atoms with van der Waals surface area (Å²) in [5.74, 6) is 0.427. The number of rotatable bonds is 13. The van der Waals surface area contributed by atoms with Crippen LogP contribution in [0.2, 0.25) is 0 Å². The molecule has 0 heterocycles. The molecule has 0 radical (unpaired) electrons. The van der Waals surface area contributed by atoms with Crippen molar-refractivity contribution >= 4 is 11.4 Å². The van der Waals surface area contributed by atoms with E-state index < -0.39 is 0 Å². The van der Waals surface area contributed by atoms with Gasteiger partial charge in [-0.2, -0.15) is 0 Å². The number of anilines is 2. The van der Waals surface area contributed by atoms with Gasteiger partial charge in [0.2, 0.25) is 0 Å². The summed E-state index contributed by atoms with van der Waals surface area (Å²) >= 11 is 0. The predicted octanol–water partition coefficient (Wildman–Crippen LogP) is 9.53. The van der Waals surface area contributed by atoms with E-state index in [1.54, 1.807) is 0 Å². The zero-order valence-corrected chi connectivity index (χ0v) is 24.2. The number of aryl methyl sites for hydroxylation is 2. The van der Waals surface area contributed by atoms with E-state index >= 15 is 0 Å². The van der Waals surface area contributed by atoms with Gasteiger partial charge in [0.25, 0.3) is 0 Å². The van der Waals surface area contributed by atoms with E-state index in [0.717, 1.165) is 24.2 Å². The molecule has 0 bridgehead atoms. The Balaban J connectivity index is 1.49. The van der Waals surface area contributed by atoms with Crippen LogP contribution in [0.15, 0.2) is 84.9 Å². The van der Waals surface area contributed by atoms with Crippen LogP contribution in [-0.4, -0.2) is 0 Å². The molecule has 4 aromatic rings. The van der Waals surface area contributed by atoms with Gasteiger partial charge in [-0.05, 0) is 102 Å². The lowest BCUT2D eigenvalue weighted by atomic mass is 9.85. The second kappa shape index (κ2) is 14.0. The SMILES string of the molecule is CCCCCCCCC(c1ccc(Cc2ccc(N)cc2C)cc1)c1ccc(Cc2ccc(N)cc2C)cc1. The van der Waals surface area contributed by atoms with Gasteiger partial charge in [-0.15, -0.1) is 0 Å². The van der Waals surface area contributed by atoms with Crippen LogP contribution in [0.3, 0.4) is 0 Å². The van der Waals surface area contributed by atoms with Crippen LogP contribution in [0.5, 0.6) is 0 Å². The number of nitrogen functional groups attached to an aromatic ring is 2. The van der Waals surface area contributed by atoms with Crippen molar-refractivity contribution < 1.29 is 0 Å². The highest BCUT2D eigenvalue weighted by Crippen LogP contribution is 2.32. The minimum atomic E-state index is 0.427. The predicted molar refractivity (Wildman–Crippen MR) is 170 cm³/mol. The number of unbranched alkanes of at least 4 members (excludes halogenated alkanes) is 5. The summed E-state index contributed by atoms with van der Waals surface area (Å²) in [4.78, 5) is 0. The molecule has 0 aromatic heterocycles. The van der Waals surface area contributed by atoms with Crippen molar-refractivity contribution in [2.24, 2.45) is 0 Å². The molecule has 0 fully saturated rings. The maximum atomic E-state index is 5.96. The maximum absolute atomic E-state index is 5.96. The zero-order valence-electron chi connectivity index (χ0n) is 24.2. The highest BCUT2D eigenvalue weighted by molar-refractivity contribution is 5.47. The summed E-state index contributed by atoms with van der Waals surface area (Å²) in [6.07, 6.45) is 11.0. The largest absolute Gasteiger partial charge is 0.399 e. The van der Waals surface area contributed by atoms with E-state index in [0.29, 0.717) is 5.92 Å². The first-order valence-corrected chi connectivity index (χ1v) is 14.8. The normalized spacial score (nSPS) is 11.3. The van der Waals surface area contributed by atoms with Crippen molar-refractivity contribution in [3.63, 3.8) is 0 Å². The standard InChI is InChI=1S/C37H46N2/c1-4-5-6-7-8-9-10-37(31-15-11-29(12-16-31)25-33-19-21-35(38)23-27(33)2)32-17-13-30(14-18-32)26-34-20-22-36(39)24-28(34)3/h11-24,37H,4-10,25-26,38-39H2,1-3H3. The fraction of sp³-hybridized carbons (Fsp3) is 0.351. The first-order valence-electron chi connectivity index (χ1n) is 14.8. The maximum Gasteiger partial charge on any atom is 0.0316 e. The zero-order chi connectivity index (χ0) is 27.6. The van der Waals surface area contributed by atoms with Crippen LogP contribution in [0, 0.1) is 13.8 Å². The molecule has 2 heteroatoms. The number of nitrogens with two attached hydrogens (primary N) is 2. The van der Waals surface area contributed by atoms with Crippen molar-refractivity contribution in [3.05, 3.63) is 129 Å². The molecule has 39 heavy (non-hydrogen) atoms. The third-order valence-corrected chi connectivity index (χ3v) is 8.13. The fourth-order valence-corrected chi connectivity index (χ4v) is 5.66. The molecule has 0 spiro atoms. The van der Waals surface area contributed by atoms with Gasteiger partial charge in [0.05, 0.1) is 0 Å². The van der Waals surface area contributed by atoms with Crippen molar-refractivity contribution in [2.75, 3.05) is 11.5 Å². The molecule has 0 aliphatic heterocycles. The molecule has 4 N–H and O–H groups in total. The second-order valence-corrected chi connectivity index (χ2v) is 11.3. The summed E-state index contributed by atoms with van der Waals surface area (Å²) in [6, 6.07) is 31.2. The number of hydrogen-bond acceptors (Lipinski definition) is 2. The van der Waals surface area contributed by atoms with Crippen molar-refractivity contribution in [1.82, 2.24) is 0 Å². The van der Waals surface area contributed by atoms with Crippen LogP contribution in [0.1, 0.15) is 102 Å². The molecule has 204 valence electrons. The quantitative estimate of drug-likeness (QED) is 0.137. The van der Waals surface area contributed by atoms with Gasteiger partial charge in [0.15, 0.2) is 0 Å². The molecule has 4 aromatic carbocycles. The van der Waals surface area contributed by atoms with Crippen molar-refractivity contribution in [2.45, 2.75) is 84.5 Å². The van der Waals surface area contributed by atoms with E-state index in [4.69, 9.17) is 11.5 Å². The van der Waals surface area contributed by atoms with E-state index in [-0.39, 0.29) is 0 Å². The molecule has 0 saturated carbocycles. The van der Waals surface area contributed by atoms with E-state index in [1.165, 1.54) is 89.5 Å². The number of benzene rings is 4. The highest BCUT2D eigenvalue weighted by Gasteiger charge is 2.15. The summed E-state index contributed by atoms with van der Waals surface area (Å²) in [6.45, 7) is 6.58. The lowest BCUT2D eigenvalue weighted by Gasteiger charge is -2.19. The van der Waals surface area contributed by atoms with Gasteiger partial charge in [-0.25, -0.2) is 0 Å². The Bertz CT molecular complexity index is 1220.